The molecule has 1 aromatic carbocycles. The minimum atomic E-state index is 0.526. The number of benzene rings is 1. The number of nitriles is 1. The normalized spacial score (nSPS) is 11.7. The number of aromatic amines is 1. The van der Waals surface area contributed by atoms with Gasteiger partial charge in [-0.1, -0.05) is 12.1 Å². The molecule has 0 unspecified atom stereocenters. The highest BCUT2D eigenvalue weighted by Gasteiger charge is 2.08. The lowest BCUT2D eigenvalue weighted by Gasteiger charge is -1.97. The van der Waals surface area contributed by atoms with E-state index in [2.05, 4.69) is 16.0 Å². The fraction of sp³-hybridized carbons (Fsp3) is 0.0667. The average molecular weight is 248 g/mol. The van der Waals surface area contributed by atoms with E-state index in [1.54, 1.807) is 0 Å². The standard InChI is InChI=1S/C15H12N4/c1-19-8-4-5-12(19)9-11(10-16)15-17-13-6-2-3-7-14(13)18-15/h2-9H,1H3,(H,17,18)/b11-9+. The van der Waals surface area contributed by atoms with Crippen LogP contribution in [0.5, 0.6) is 0 Å². The molecule has 0 bridgehead atoms. The van der Waals surface area contributed by atoms with E-state index in [1.165, 1.54) is 0 Å². The summed E-state index contributed by atoms with van der Waals surface area (Å²) in [6.45, 7) is 0. The predicted octanol–water partition coefficient (Wildman–Crippen LogP) is 2.97. The van der Waals surface area contributed by atoms with Gasteiger partial charge in [-0.25, -0.2) is 4.98 Å². The second-order valence-electron chi connectivity index (χ2n) is 4.32. The van der Waals surface area contributed by atoms with E-state index in [0.29, 0.717) is 11.4 Å². The van der Waals surface area contributed by atoms with Crippen LogP contribution in [0.2, 0.25) is 0 Å². The number of rotatable bonds is 2. The molecule has 0 aliphatic carbocycles. The van der Waals surface area contributed by atoms with Gasteiger partial charge in [-0.3, -0.25) is 0 Å². The number of H-pyrrole nitrogens is 1. The fourth-order valence-corrected chi connectivity index (χ4v) is 2.01. The highest BCUT2D eigenvalue weighted by Crippen LogP contribution is 2.18. The molecule has 0 aliphatic heterocycles. The number of para-hydroxylation sites is 2. The number of imidazole rings is 1. The van der Waals surface area contributed by atoms with Crippen LogP contribution in [-0.2, 0) is 7.05 Å². The van der Waals surface area contributed by atoms with Crippen LogP contribution in [0.15, 0.2) is 42.6 Å². The number of nitrogens with one attached hydrogen (secondary N) is 1. The van der Waals surface area contributed by atoms with Crippen molar-refractivity contribution in [3.8, 4) is 6.07 Å². The molecular weight excluding hydrogens is 236 g/mol. The Labute approximate surface area is 110 Å². The van der Waals surface area contributed by atoms with E-state index in [1.807, 2.05) is 60.3 Å². The van der Waals surface area contributed by atoms with Gasteiger partial charge in [0.25, 0.3) is 0 Å². The van der Waals surface area contributed by atoms with Crippen LogP contribution < -0.4 is 0 Å². The maximum absolute atomic E-state index is 9.31. The van der Waals surface area contributed by atoms with Gasteiger partial charge in [0.15, 0.2) is 0 Å². The van der Waals surface area contributed by atoms with Gasteiger partial charge in [-0.15, -0.1) is 0 Å². The minimum absolute atomic E-state index is 0.526. The first-order valence-corrected chi connectivity index (χ1v) is 5.96. The summed E-state index contributed by atoms with van der Waals surface area (Å²) in [5.74, 6) is 0.602. The highest BCUT2D eigenvalue weighted by molar-refractivity contribution is 5.89. The summed E-state index contributed by atoms with van der Waals surface area (Å²) in [7, 11) is 1.94. The van der Waals surface area contributed by atoms with E-state index in [4.69, 9.17) is 0 Å². The summed E-state index contributed by atoms with van der Waals surface area (Å²) in [5.41, 5.74) is 3.30. The molecule has 0 aliphatic rings. The molecule has 92 valence electrons. The fourth-order valence-electron chi connectivity index (χ4n) is 2.01. The number of hydrogen-bond donors (Lipinski definition) is 1. The van der Waals surface area contributed by atoms with Gasteiger partial charge in [0, 0.05) is 18.9 Å². The molecule has 2 aromatic heterocycles. The number of hydrogen-bond acceptors (Lipinski definition) is 2. The lowest BCUT2D eigenvalue weighted by molar-refractivity contribution is 0.915. The van der Waals surface area contributed by atoms with Crippen molar-refractivity contribution in [3.05, 3.63) is 54.1 Å². The molecule has 4 nitrogen and oxygen atoms in total. The monoisotopic (exact) mass is 248 g/mol. The Bertz CT molecular complexity index is 766. The Hall–Kier alpha value is -2.80. The summed E-state index contributed by atoms with van der Waals surface area (Å²) in [4.78, 5) is 7.61. The van der Waals surface area contributed by atoms with Gasteiger partial charge >= 0.3 is 0 Å². The lowest BCUT2D eigenvalue weighted by Crippen LogP contribution is -1.90. The van der Waals surface area contributed by atoms with Crippen molar-refractivity contribution < 1.29 is 0 Å². The molecule has 0 saturated carbocycles. The minimum Gasteiger partial charge on any atom is -0.351 e. The van der Waals surface area contributed by atoms with Crippen molar-refractivity contribution in [3.63, 3.8) is 0 Å². The van der Waals surface area contributed by atoms with Gasteiger partial charge in [-0.05, 0) is 30.3 Å². The van der Waals surface area contributed by atoms with Crippen LogP contribution in [-0.4, -0.2) is 14.5 Å². The van der Waals surface area contributed by atoms with Crippen molar-refractivity contribution >= 4 is 22.7 Å². The molecule has 2 heterocycles. The van der Waals surface area contributed by atoms with E-state index in [0.717, 1.165) is 16.7 Å². The summed E-state index contributed by atoms with van der Waals surface area (Å²) < 4.78 is 1.96. The highest BCUT2D eigenvalue weighted by atomic mass is 14.9. The third kappa shape index (κ3) is 2.02. The molecule has 19 heavy (non-hydrogen) atoms. The van der Waals surface area contributed by atoms with Crippen LogP contribution >= 0.6 is 0 Å². The Morgan fingerprint density at radius 3 is 2.84 bits per heavy atom. The Morgan fingerprint density at radius 2 is 2.16 bits per heavy atom. The van der Waals surface area contributed by atoms with Crippen LogP contribution in [0, 0.1) is 11.3 Å². The number of aryl methyl sites for hydroxylation is 1. The largest absolute Gasteiger partial charge is 0.351 e. The number of allylic oxidation sites excluding steroid dienone is 1. The van der Waals surface area contributed by atoms with Crippen LogP contribution in [0.25, 0.3) is 22.7 Å². The van der Waals surface area contributed by atoms with Crippen molar-refractivity contribution in [2.24, 2.45) is 7.05 Å². The van der Waals surface area contributed by atoms with Crippen molar-refractivity contribution in [2.45, 2.75) is 0 Å². The summed E-state index contributed by atoms with van der Waals surface area (Å²) in [6.07, 6.45) is 3.77. The van der Waals surface area contributed by atoms with Crippen LogP contribution in [0.1, 0.15) is 11.5 Å². The van der Waals surface area contributed by atoms with Crippen molar-refractivity contribution in [1.82, 2.24) is 14.5 Å². The first-order chi connectivity index (χ1) is 9.28. The summed E-state index contributed by atoms with van der Waals surface area (Å²) >= 11 is 0. The number of aromatic nitrogens is 3. The maximum Gasteiger partial charge on any atom is 0.149 e. The van der Waals surface area contributed by atoms with Crippen LogP contribution in [0.3, 0.4) is 0 Å². The molecular formula is C15H12N4. The van der Waals surface area contributed by atoms with Gasteiger partial charge < -0.3 is 9.55 Å². The molecule has 0 fully saturated rings. The van der Waals surface area contributed by atoms with Crippen molar-refractivity contribution in [2.75, 3.05) is 0 Å². The smallest absolute Gasteiger partial charge is 0.149 e. The molecule has 0 amide bonds. The number of fused-ring (bicyclic) bond motifs is 1. The van der Waals surface area contributed by atoms with E-state index < -0.39 is 0 Å². The van der Waals surface area contributed by atoms with Gasteiger partial charge in [-0.2, -0.15) is 5.26 Å². The molecule has 0 spiro atoms. The summed E-state index contributed by atoms with van der Waals surface area (Å²) in [5, 5.41) is 9.31. The molecule has 4 heteroatoms. The quantitative estimate of drug-likeness (QED) is 0.709. The average Bonchev–Trinajstić information content (AvgIpc) is 3.02. The molecule has 0 saturated heterocycles. The zero-order valence-electron chi connectivity index (χ0n) is 10.5. The Morgan fingerprint density at radius 1 is 1.32 bits per heavy atom. The molecule has 0 radical (unpaired) electrons. The molecule has 3 aromatic rings. The molecule has 1 N–H and O–H groups in total. The topological polar surface area (TPSA) is 57.4 Å². The Balaban J connectivity index is 2.10. The first kappa shape index (κ1) is 11.3. The lowest BCUT2D eigenvalue weighted by atomic mass is 10.2. The second kappa shape index (κ2) is 4.46. The SMILES string of the molecule is Cn1cccc1/C=C(\C#N)c1nc2ccccc2[nH]1. The molecule has 0 atom stereocenters. The summed E-state index contributed by atoms with van der Waals surface area (Å²) in [6, 6.07) is 13.8. The van der Waals surface area contributed by atoms with Gasteiger partial charge in [0.2, 0.25) is 0 Å². The van der Waals surface area contributed by atoms with Crippen molar-refractivity contribution in [1.29, 1.82) is 5.26 Å². The molecule has 3 rings (SSSR count). The number of nitrogens with zero attached hydrogens (tertiary/aromatic N) is 3. The third-order valence-electron chi connectivity index (χ3n) is 3.04. The second-order valence-corrected chi connectivity index (χ2v) is 4.32. The van der Waals surface area contributed by atoms with E-state index in [-0.39, 0.29) is 0 Å². The van der Waals surface area contributed by atoms with Gasteiger partial charge in [0.1, 0.15) is 11.9 Å². The third-order valence-corrected chi connectivity index (χ3v) is 3.04. The first-order valence-electron chi connectivity index (χ1n) is 5.96. The van der Waals surface area contributed by atoms with Gasteiger partial charge in [0.05, 0.1) is 16.6 Å². The Kier molecular flexibility index (Phi) is 2.66. The zero-order valence-corrected chi connectivity index (χ0v) is 10.5. The zero-order chi connectivity index (χ0) is 13.2. The van der Waals surface area contributed by atoms with E-state index in [9.17, 15) is 5.26 Å². The van der Waals surface area contributed by atoms with E-state index >= 15 is 0 Å². The predicted molar refractivity (Wildman–Crippen MR) is 75.0 cm³/mol. The maximum atomic E-state index is 9.31. The van der Waals surface area contributed by atoms with Crippen LogP contribution in [0.4, 0.5) is 0 Å².